The molecule has 1 unspecified atom stereocenters. The molecule has 314 valence electrons. The highest BCUT2D eigenvalue weighted by molar-refractivity contribution is 6.00. The molecule has 0 radical (unpaired) electrons. The number of imidazole rings is 1. The number of carbonyl (C=O) groups excluding carboxylic acids is 3. The highest BCUT2D eigenvalue weighted by atomic mass is 16.6. The highest BCUT2D eigenvalue weighted by Gasteiger charge is 2.32. The van der Waals surface area contributed by atoms with Crippen molar-refractivity contribution in [3.05, 3.63) is 52.3 Å². The fourth-order valence-corrected chi connectivity index (χ4v) is 8.41. The molecule has 1 saturated carbocycles. The van der Waals surface area contributed by atoms with Gasteiger partial charge in [-0.3, -0.25) is 28.8 Å². The lowest BCUT2D eigenvalue weighted by molar-refractivity contribution is -0.135. The number of aromatic amines is 1. The van der Waals surface area contributed by atoms with Gasteiger partial charge >= 0.3 is 5.69 Å². The fourth-order valence-electron chi connectivity index (χ4n) is 8.41. The Bertz CT molecular complexity index is 2060. The third kappa shape index (κ3) is 10.3. The molecule has 4 aromatic rings. The molecule has 1 atom stereocenters. The molecule has 0 bridgehead atoms. The van der Waals surface area contributed by atoms with E-state index in [1.165, 1.54) is 10.1 Å². The van der Waals surface area contributed by atoms with Gasteiger partial charge in [0.05, 0.1) is 56.1 Å². The van der Waals surface area contributed by atoms with E-state index in [2.05, 4.69) is 37.1 Å². The molecule has 17 heteroatoms. The Morgan fingerprint density at radius 2 is 1.59 bits per heavy atom. The number of fused-ring (bicyclic) bond motifs is 2. The smallest absolute Gasteiger partial charge is 0.329 e. The van der Waals surface area contributed by atoms with Gasteiger partial charge in [0.25, 0.3) is 0 Å². The molecular weight excluding hydrogens is 748 g/mol. The molecule has 1 aliphatic carbocycles. The Labute approximate surface area is 336 Å². The van der Waals surface area contributed by atoms with E-state index < -0.39 is 11.9 Å². The first kappa shape index (κ1) is 41.5. The van der Waals surface area contributed by atoms with Crippen LogP contribution in [-0.2, 0) is 51.5 Å². The number of aromatic nitrogens is 5. The number of nitrogens with zero attached hydrogens (tertiary/aromatic N) is 4. The lowest BCUT2D eigenvalue weighted by atomic mass is 9.90. The lowest BCUT2D eigenvalue weighted by Crippen LogP contribution is -2.44. The summed E-state index contributed by atoms with van der Waals surface area (Å²) in [6.07, 6.45) is 11.3. The van der Waals surface area contributed by atoms with Crippen LogP contribution in [-0.4, -0.2) is 120 Å². The first-order valence-electron chi connectivity index (χ1n) is 20.7. The quantitative estimate of drug-likeness (QED) is 0.0753. The summed E-state index contributed by atoms with van der Waals surface area (Å²) in [5, 5.41) is 10.2. The van der Waals surface area contributed by atoms with Gasteiger partial charge < -0.3 is 39.3 Å². The molecule has 3 fully saturated rings. The zero-order valence-corrected chi connectivity index (χ0v) is 33.3. The van der Waals surface area contributed by atoms with Gasteiger partial charge in [-0.2, -0.15) is 0 Å². The molecular formula is C41H56N8O9. The number of nitrogens with one attached hydrogen (secondary N) is 4. The average Bonchev–Trinajstić information content (AvgIpc) is 3.78. The summed E-state index contributed by atoms with van der Waals surface area (Å²) < 4.78 is 31.1. The Morgan fingerprint density at radius 3 is 2.33 bits per heavy atom. The van der Waals surface area contributed by atoms with Crippen molar-refractivity contribution in [2.75, 3.05) is 71.4 Å². The number of benzene rings is 1. The predicted molar refractivity (Wildman–Crippen MR) is 215 cm³/mol. The van der Waals surface area contributed by atoms with Crippen LogP contribution >= 0.6 is 0 Å². The molecule has 2 aliphatic heterocycles. The van der Waals surface area contributed by atoms with Crippen LogP contribution in [0.15, 0.2) is 35.5 Å². The van der Waals surface area contributed by atoms with Crippen LogP contribution in [0.4, 0.5) is 5.82 Å². The maximum atomic E-state index is 13.1. The molecule has 7 rings (SSSR count). The van der Waals surface area contributed by atoms with Crippen LogP contribution in [0.3, 0.4) is 0 Å². The Hall–Kier alpha value is -4.68. The van der Waals surface area contributed by atoms with Crippen LogP contribution < -0.4 is 21.6 Å². The Morgan fingerprint density at radius 1 is 0.879 bits per heavy atom. The van der Waals surface area contributed by atoms with Gasteiger partial charge in [-0.05, 0) is 80.9 Å². The van der Waals surface area contributed by atoms with Gasteiger partial charge in [0.15, 0.2) is 0 Å². The SMILES string of the molecule is Cn1c(=O)n(C2CCC(=O)NC2=O)c2cccc(CCCOCCOCCOCCOCC(=O)N[C@H]3CC[C@H](Nc4ncnc5[nH]cc(C6CCOCC6)c45)CC3)c21. The van der Waals surface area contributed by atoms with Crippen molar-refractivity contribution in [2.24, 2.45) is 7.05 Å². The van der Waals surface area contributed by atoms with Crippen LogP contribution in [0, 0.1) is 0 Å². The number of carbonyl (C=O) groups is 3. The minimum Gasteiger partial charge on any atom is -0.381 e. The zero-order chi connectivity index (χ0) is 40.3. The number of imide groups is 1. The summed E-state index contributed by atoms with van der Waals surface area (Å²) in [5.74, 6) is 0.451. The summed E-state index contributed by atoms with van der Waals surface area (Å²) in [6, 6.07) is 5.41. The maximum Gasteiger partial charge on any atom is 0.329 e. The minimum absolute atomic E-state index is 0.000848. The van der Waals surface area contributed by atoms with Crippen molar-refractivity contribution in [2.45, 2.75) is 88.3 Å². The largest absolute Gasteiger partial charge is 0.381 e. The highest BCUT2D eigenvalue weighted by Crippen LogP contribution is 2.35. The van der Waals surface area contributed by atoms with Crippen molar-refractivity contribution < 1.29 is 38.1 Å². The van der Waals surface area contributed by atoms with E-state index in [4.69, 9.17) is 23.7 Å². The van der Waals surface area contributed by atoms with Crippen molar-refractivity contribution in [3.8, 4) is 0 Å². The number of hydrogen-bond donors (Lipinski definition) is 4. The predicted octanol–water partition coefficient (Wildman–Crippen LogP) is 3.02. The summed E-state index contributed by atoms with van der Waals surface area (Å²) in [4.78, 5) is 62.2. The van der Waals surface area contributed by atoms with Gasteiger partial charge in [-0.15, -0.1) is 0 Å². The van der Waals surface area contributed by atoms with Crippen LogP contribution in [0.1, 0.15) is 80.9 Å². The number of anilines is 1. The van der Waals surface area contributed by atoms with E-state index in [0.29, 0.717) is 70.5 Å². The molecule has 17 nitrogen and oxygen atoms in total. The van der Waals surface area contributed by atoms with E-state index in [1.807, 2.05) is 18.2 Å². The second-order valence-corrected chi connectivity index (χ2v) is 15.3. The van der Waals surface area contributed by atoms with Gasteiger partial charge in [0, 0.05) is 51.6 Å². The molecule has 58 heavy (non-hydrogen) atoms. The number of rotatable bonds is 20. The van der Waals surface area contributed by atoms with E-state index >= 15 is 0 Å². The maximum absolute atomic E-state index is 13.1. The monoisotopic (exact) mass is 804 g/mol. The van der Waals surface area contributed by atoms with E-state index in [9.17, 15) is 19.2 Å². The fraction of sp³-hybridized carbons (Fsp3) is 0.610. The first-order chi connectivity index (χ1) is 28.4. The molecule has 4 N–H and O–H groups in total. The summed E-state index contributed by atoms with van der Waals surface area (Å²) in [6.45, 7) is 4.49. The number of piperidine rings is 1. The number of aryl methyl sites for hydroxylation is 2. The Kier molecular flexibility index (Phi) is 14.5. The van der Waals surface area contributed by atoms with Crippen molar-refractivity contribution in [1.82, 2.24) is 34.7 Å². The van der Waals surface area contributed by atoms with Crippen LogP contribution in [0.25, 0.3) is 22.1 Å². The molecule has 0 spiro atoms. The van der Waals surface area contributed by atoms with Gasteiger partial charge in [0.1, 0.15) is 30.4 Å². The summed E-state index contributed by atoms with van der Waals surface area (Å²) in [5.41, 5.74) is 4.31. The summed E-state index contributed by atoms with van der Waals surface area (Å²) >= 11 is 0. The number of para-hydroxylation sites is 1. The van der Waals surface area contributed by atoms with E-state index in [0.717, 1.165) is 86.1 Å². The molecule has 5 heterocycles. The molecule has 3 amide bonds. The van der Waals surface area contributed by atoms with Gasteiger partial charge in [0.2, 0.25) is 17.7 Å². The van der Waals surface area contributed by atoms with Crippen LogP contribution in [0.2, 0.25) is 0 Å². The molecule has 3 aromatic heterocycles. The first-order valence-corrected chi connectivity index (χ1v) is 20.7. The lowest BCUT2D eigenvalue weighted by Gasteiger charge is -2.30. The number of H-pyrrole nitrogens is 1. The molecule has 2 saturated heterocycles. The third-order valence-electron chi connectivity index (χ3n) is 11.4. The normalized spacial score (nSPS) is 20.5. The van der Waals surface area contributed by atoms with Gasteiger partial charge in [-0.25, -0.2) is 14.8 Å². The van der Waals surface area contributed by atoms with Crippen LogP contribution in [0.5, 0.6) is 0 Å². The summed E-state index contributed by atoms with van der Waals surface area (Å²) in [7, 11) is 1.71. The standard InChI is InChI=1S/C41H56N8O9/c1-48-37-28(4-2-6-32(37)49(41(48)53)33-11-12-34(50)47-40(33)52)5-3-15-54-18-19-56-20-21-57-22-23-58-25-35(51)45-29-7-9-30(10-8-29)46-39-36-31(27-13-16-55-17-14-27)24-42-38(36)43-26-44-39/h2,4,6,24,26-27,29-30,33H,3,5,7-23,25H2,1H3,(H,45,51)(H,47,50,52)(H2,42,43,44,46)/t29-,30-,33?. The second kappa shape index (κ2) is 20.3. The zero-order valence-electron chi connectivity index (χ0n) is 33.3. The second-order valence-electron chi connectivity index (χ2n) is 15.3. The molecule has 1 aromatic carbocycles. The van der Waals surface area contributed by atoms with Crippen molar-refractivity contribution in [1.29, 1.82) is 0 Å². The van der Waals surface area contributed by atoms with E-state index in [1.54, 1.807) is 17.9 Å². The van der Waals surface area contributed by atoms with E-state index in [-0.39, 0.29) is 42.6 Å². The number of amides is 3. The topological polar surface area (TPSA) is 202 Å². The minimum atomic E-state index is -0.707. The Balaban J connectivity index is 0.698. The van der Waals surface area contributed by atoms with Crippen molar-refractivity contribution >= 4 is 45.6 Å². The van der Waals surface area contributed by atoms with Crippen molar-refractivity contribution in [3.63, 3.8) is 0 Å². The number of hydrogen-bond acceptors (Lipinski definition) is 12. The van der Waals surface area contributed by atoms with Gasteiger partial charge in [-0.1, -0.05) is 12.1 Å². The molecule has 3 aliphatic rings. The average molecular weight is 805 g/mol. The third-order valence-corrected chi connectivity index (χ3v) is 11.4. The number of ether oxygens (including phenoxy) is 5.